The van der Waals surface area contributed by atoms with E-state index in [-0.39, 0.29) is 17.9 Å². The van der Waals surface area contributed by atoms with E-state index in [0.29, 0.717) is 25.8 Å². The summed E-state index contributed by atoms with van der Waals surface area (Å²) < 4.78 is 0. The number of benzene rings is 3. The summed E-state index contributed by atoms with van der Waals surface area (Å²) >= 11 is 0. The summed E-state index contributed by atoms with van der Waals surface area (Å²) in [5, 5.41) is 5.36. The minimum absolute atomic E-state index is 0.0274. The van der Waals surface area contributed by atoms with Crippen LogP contribution in [-0.4, -0.2) is 35.3 Å². The van der Waals surface area contributed by atoms with Gasteiger partial charge in [-0.3, -0.25) is 9.59 Å². The summed E-state index contributed by atoms with van der Waals surface area (Å²) in [5.74, 6) is -0.0475. The summed E-state index contributed by atoms with van der Waals surface area (Å²) in [6.45, 7) is 6.39. The summed E-state index contributed by atoms with van der Waals surface area (Å²) in [6.07, 6.45) is 2.36. The molecule has 0 saturated carbocycles. The summed E-state index contributed by atoms with van der Waals surface area (Å²) in [6, 6.07) is 24.2. The van der Waals surface area contributed by atoms with Crippen LogP contribution in [0.25, 0.3) is 10.8 Å². The Morgan fingerprint density at radius 1 is 0.875 bits per heavy atom. The number of hydrogen-bond donors (Lipinski definition) is 1. The molecule has 0 saturated heterocycles. The fourth-order valence-electron chi connectivity index (χ4n) is 4.17. The Morgan fingerprint density at radius 3 is 2.28 bits per heavy atom. The molecule has 0 aliphatic carbocycles. The molecule has 0 bridgehead atoms. The number of nitrogens with zero attached hydrogens (tertiary/aromatic N) is 1. The molecule has 0 aromatic heterocycles. The molecule has 0 unspecified atom stereocenters. The highest BCUT2D eigenvalue weighted by atomic mass is 16.2. The highest BCUT2D eigenvalue weighted by Crippen LogP contribution is 2.20. The quantitative estimate of drug-likeness (QED) is 0.484. The molecule has 0 radical (unpaired) electrons. The van der Waals surface area contributed by atoms with Crippen LogP contribution in [0.4, 0.5) is 0 Å². The molecule has 0 aliphatic heterocycles. The number of fused-ring (bicyclic) bond motifs is 1. The summed E-state index contributed by atoms with van der Waals surface area (Å²) in [7, 11) is 0. The maximum absolute atomic E-state index is 13.4. The van der Waals surface area contributed by atoms with Crippen molar-refractivity contribution in [3.05, 3.63) is 83.9 Å². The second kappa shape index (κ2) is 11.5. The van der Waals surface area contributed by atoms with Crippen LogP contribution >= 0.6 is 0 Å². The highest BCUT2D eigenvalue weighted by molar-refractivity contribution is 5.89. The van der Waals surface area contributed by atoms with Crippen molar-refractivity contribution in [2.24, 2.45) is 0 Å². The molecular weight excluding hydrogens is 396 g/mol. The van der Waals surface area contributed by atoms with Crippen molar-refractivity contribution in [2.75, 3.05) is 6.54 Å². The average Bonchev–Trinajstić information content (AvgIpc) is 2.80. The van der Waals surface area contributed by atoms with Crippen molar-refractivity contribution >= 4 is 22.6 Å². The zero-order valence-corrected chi connectivity index (χ0v) is 19.4. The Balaban J connectivity index is 1.77. The minimum atomic E-state index is -0.457. The van der Waals surface area contributed by atoms with Gasteiger partial charge >= 0.3 is 0 Å². The summed E-state index contributed by atoms with van der Waals surface area (Å²) in [5.41, 5.74) is 2.33. The molecule has 4 nitrogen and oxygen atoms in total. The number of rotatable bonds is 10. The van der Waals surface area contributed by atoms with E-state index in [1.165, 1.54) is 21.9 Å². The molecule has 4 heteroatoms. The van der Waals surface area contributed by atoms with E-state index in [9.17, 15) is 9.59 Å². The van der Waals surface area contributed by atoms with Crippen LogP contribution in [0, 0.1) is 0 Å². The number of hydrogen-bond acceptors (Lipinski definition) is 2. The first-order valence-corrected chi connectivity index (χ1v) is 11.6. The third kappa shape index (κ3) is 6.19. The Hall–Kier alpha value is -3.14. The average molecular weight is 431 g/mol. The Labute approximate surface area is 191 Å². The van der Waals surface area contributed by atoms with Crippen molar-refractivity contribution in [1.29, 1.82) is 0 Å². The zero-order valence-electron chi connectivity index (χ0n) is 19.4. The Morgan fingerprint density at radius 2 is 1.56 bits per heavy atom. The number of carbonyl (C=O) groups is 2. The van der Waals surface area contributed by atoms with Crippen molar-refractivity contribution in [3.63, 3.8) is 0 Å². The van der Waals surface area contributed by atoms with Crippen LogP contribution in [0.1, 0.15) is 44.7 Å². The van der Waals surface area contributed by atoms with Crippen LogP contribution in [0.3, 0.4) is 0 Å². The van der Waals surface area contributed by atoms with Gasteiger partial charge in [-0.1, -0.05) is 79.7 Å². The predicted molar refractivity (Wildman–Crippen MR) is 131 cm³/mol. The van der Waals surface area contributed by atoms with Gasteiger partial charge in [-0.2, -0.15) is 0 Å². The molecule has 0 aliphatic rings. The number of aryl methyl sites for hydroxylation is 1. The first-order chi connectivity index (χ1) is 15.5. The van der Waals surface area contributed by atoms with Gasteiger partial charge in [-0.25, -0.2) is 0 Å². The lowest BCUT2D eigenvalue weighted by Crippen LogP contribution is -2.51. The molecule has 1 atom stereocenters. The van der Waals surface area contributed by atoms with Crippen LogP contribution in [-0.2, 0) is 22.4 Å². The van der Waals surface area contributed by atoms with Gasteiger partial charge in [0.1, 0.15) is 6.04 Å². The molecule has 168 valence electrons. The van der Waals surface area contributed by atoms with E-state index in [2.05, 4.69) is 41.7 Å². The van der Waals surface area contributed by atoms with E-state index in [1.807, 2.05) is 57.2 Å². The smallest absolute Gasteiger partial charge is 0.242 e. The maximum atomic E-state index is 13.4. The molecule has 3 aromatic carbocycles. The molecule has 1 N–H and O–H groups in total. The number of nitrogens with one attached hydrogen (secondary N) is 1. The molecular formula is C28H34N2O2. The lowest BCUT2D eigenvalue weighted by Gasteiger charge is -2.31. The third-order valence-electron chi connectivity index (χ3n) is 5.79. The monoisotopic (exact) mass is 430 g/mol. The van der Waals surface area contributed by atoms with Gasteiger partial charge < -0.3 is 10.2 Å². The Kier molecular flexibility index (Phi) is 8.43. The van der Waals surface area contributed by atoms with Crippen LogP contribution in [0.5, 0.6) is 0 Å². The lowest BCUT2D eigenvalue weighted by atomic mass is 10.00. The molecule has 3 rings (SSSR count). The minimum Gasteiger partial charge on any atom is -0.352 e. The van der Waals surface area contributed by atoms with Crippen molar-refractivity contribution in [2.45, 2.75) is 58.5 Å². The number of carbonyl (C=O) groups excluding carboxylic acids is 2. The van der Waals surface area contributed by atoms with Gasteiger partial charge in [0.05, 0.1) is 0 Å². The SMILES string of the molecule is CC[C@@H](C(=O)NC(C)C)N(CCc1ccccc1)C(=O)CCc1cccc2ccccc12. The topological polar surface area (TPSA) is 49.4 Å². The second-order valence-corrected chi connectivity index (χ2v) is 8.55. The van der Waals surface area contributed by atoms with E-state index < -0.39 is 6.04 Å². The molecule has 0 heterocycles. The largest absolute Gasteiger partial charge is 0.352 e. The first kappa shape index (κ1) is 23.5. The van der Waals surface area contributed by atoms with E-state index in [4.69, 9.17) is 0 Å². The van der Waals surface area contributed by atoms with E-state index in [1.54, 1.807) is 4.90 Å². The fourth-order valence-corrected chi connectivity index (χ4v) is 4.17. The van der Waals surface area contributed by atoms with Crippen LogP contribution in [0.15, 0.2) is 72.8 Å². The van der Waals surface area contributed by atoms with E-state index in [0.717, 1.165) is 6.42 Å². The molecule has 3 aromatic rings. The second-order valence-electron chi connectivity index (χ2n) is 8.55. The number of amides is 2. The fraction of sp³-hybridized carbons (Fsp3) is 0.357. The molecule has 0 spiro atoms. The Bertz CT molecular complexity index is 1020. The molecule has 2 amide bonds. The summed E-state index contributed by atoms with van der Waals surface area (Å²) in [4.78, 5) is 28.1. The standard InChI is InChI=1S/C28H34N2O2/c1-4-26(28(32)29-21(2)3)30(20-19-22-11-6-5-7-12-22)27(31)18-17-24-15-10-14-23-13-8-9-16-25(23)24/h5-16,21,26H,4,17-20H2,1-3H3,(H,29,32)/t26-/m0/s1. The van der Waals surface area contributed by atoms with Gasteiger partial charge in [0.2, 0.25) is 11.8 Å². The van der Waals surface area contributed by atoms with Crippen molar-refractivity contribution < 1.29 is 9.59 Å². The van der Waals surface area contributed by atoms with E-state index >= 15 is 0 Å². The van der Waals surface area contributed by atoms with Crippen molar-refractivity contribution in [1.82, 2.24) is 10.2 Å². The van der Waals surface area contributed by atoms with Crippen LogP contribution < -0.4 is 5.32 Å². The highest BCUT2D eigenvalue weighted by Gasteiger charge is 2.28. The van der Waals surface area contributed by atoms with Gasteiger partial charge in [-0.15, -0.1) is 0 Å². The van der Waals surface area contributed by atoms with Crippen LogP contribution in [0.2, 0.25) is 0 Å². The van der Waals surface area contributed by atoms with Crippen molar-refractivity contribution in [3.8, 4) is 0 Å². The predicted octanol–water partition coefficient (Wildman–Crippen LogP) is 5.15. The molecule has 0 fully saturated rings. The normalized spacial score (nSPS) is 12.0. The maximum Gasteiger partial charge on any atom is 0.242 e. The lowest BCUT2D eigenvalue weighted by molar-refractivity contribution is -0.140. The third-order valence-corrected chi connectivity index (χ3v) is 5.79. The zero-order chi connectivity index (χ0) is 22.9. The van der Waals surface area contributed by atoms with Gasteiger partial charge in [0, 0.05) is 19.0 Å². The van der Waals surface area contributed by atoms with Gasteiger partial charge in [0.25, 0.3) is 0 Å². The van der Waals surface area contributed by atoms with Gasteiger partial charge in [-0.05, 0) is 55.0 Å². The van der Waals surface area contributed by atoms with Gasteiger partial charge in [0.15, 0.2) is 0 Å². The first-order valence-electron chi connectivity index (χ1n) is 11.6. The molecule has 32 heavy (non-hydrogen) atoms.